The van der Waals surface area contributed by atoms with Gasteiger partial charge >= 0.3 is 0 Å². The van der Waals surface area contributed by atoms with Crippen molar-refractivity contribution >= 4 is 34.9 Å². The third-order valence-corrected chi connectivity index (χ3v) is 6.69. The first-order chi connectivity index (χ1) is 18.0. The maximum atomic E-state index is 12.8. The number of amides is 1. The van der Waals surface area contributed by atoms with Crippen LogP contribution in [0.4, 0.5) is 29.0 Å². The van der Waals surface area contributed by atoms with Crippen LogP contribution in [0.3, 0.4) is 0 Å². The number of aliphatic hydroxyl groups is 1. The van der Waals surface area contributed by atoms with Crippen molar-refractivity contribution in [2.75, 3.05) is 55.3 Å². The highest BCUT2D eigenvalue weighted by Gasteiger charge is 2.23. The zero-order valence-electron chi connectivity index (χ0n) is 20.9. The molecule has 3 aromatic rings. The highest BCUT2D eigenvalue weighted by Crippen LogP contribution is 2.31. The van der Waals surface area contributed by atoms with Crippen LogP contribution in [0, 0.1) is 0 Å². The molecule has 2 aromatic heterocycles. The molecule has 1 aliphatic carbocycles. The smallest absolute Gasteiger partial charge is 0.256 e. The summed E-state index contributed by atoms with van der Waals surface area (Å²) in [5.74, 6) is 0.828. The molecule has 5 rings (SSSR count). The minimum Gasteiger partial charge on any atom is -0.387 e. The Bertz CT molecular complexity index is 1270. The highest BCUT2D eigenvalue weighted by atomic mass is 16.3. The summed E-state index contributed by atoms with van der Waals surface area (Å²) in [7, 11) is 2.14. The molecule has 1 saturated heterocycles. The molecule has 0 saturated carbocycles. The normalized spacial score (nSPS) is 17.2. The fourth-order valence-corrected chi connectivity index (χ4v) is 4.54. The van der Waals surface area contributed by atoms with Gasteiger partial charge in [-0.15, -0.1) is 6.58 Å². The predicted molar refractivity (Wildman–Crippen MR) is 145 cm³/mol. The Morgan fingerprint density at radius 2 is 1.89 bits per heavy atom. The SMILES string of the molecule is C=CCNC(=O)c1cnc(Nc2ccc(N3CCN(C)CC3)cc2)nc1Nc1ccc2c(n1)[C@@H](O)CC2. The number of hydrogen-bond acceptors (Lipinski definition) is 9. The van der Waals surface area contributed by atoms with Crippen LogP contribution < -0.4 is 20.9 Å². The molecular formula is C27H32N8O2. The Morgan fingerprint density at radius 3 is 2.65 bits per heavy atom. The monoisotopic (exact) mass is 500 g/mol. The first-order valence-corrected chi connectivity index (χ1v) is 12.5. The van der Waals surface area contributed by atoms with Gasteiger partial charge in [-0.3, -0.25) is 4.79 Å². The van der Waals surface area contributed by atoms with Gasteiger partial charge in [0, 0.05) is 50.3 Å². The van der Waals surface area contributed by atoms with Gasteiger partial charge in [0.2, 0.25) is 5.95 Å². The summed E-state index contributed by atoms with van der Waals surface area (Å²) in [6.45, 7) is 8.08. The number of hydrogen-bond donors (Lipinski definition) is 4. The van der Waals surface area contributed by atoms with Crippen molar-refractivity contribution in [3.8, 4) is 0 Å². The zero-order chi connectivity index (χ0) is 25.8. The van der Waals surface area contributed by atoms with E-state index in [-0.39, 0.29) is 11.5 Å². The number of aromatic nitrogens is 3. The molecule has 0 unspecified atom stereocenters. The molecule has 1 atom stereocenters. The molecule has 10 nitrogen and oxygen atoms in total. The van der Waals surface area contributed by atoms with Crippen LogP contribution in [0.1, 0.15) is 34.1 Å². The standard InChI is InChI=1S/C27H32N8O2/c1-3-12-28-26(37)21-17-29-27(30-19-6-8-20(9-7-19)35-15-13-34(2)14-16-35)33-25(21)32-23-11-5-18-4-10-22(36)24(18)31-23/h3,5-9,11,17,22,36H,1,4,10,12-16H2,2H3,(H,28,37)(H2,29,30,31,32,33)/t22-/m0/s1. The second-order valence-electron chi connectivity index (χ2n) is 9.34. The minimum atomic E-state index is -0.580. The number of aliphatic hydroxyl groups excluding tert-OH is 1. The topological polar surface area (TPSA) is 119 Å². The van der Waals surface area contributed by atoms with E-state index in [0.717, 1.165) is 43.9 Å². The number of carbonyl (C=O) groups is 1. The fourth-order valence-electron chi connectivity index (χ4n) is 4.54. The van der Waals surface area contributed by atoms with Gasteiger partial charge in [0.1, 0.15) is 17.2 Å². The number of nitrogens with one attached hydrogen (secondary N) is 3. The lowest BCUT2D eigenvalue weighted by molar-refractivity contribution is 0.0958. The van der Waals surface area contributed by atoms with Crippen LogP contribution in [0.5, 0.6) is 0 Å². The lowest BCUT2D eigenvalue weighted by atomic mass is 10.2. The third-order valence-electron chi connectivity index (χ3n) is 6.69. The molecule has 3 heterocycles. The molecule has 192 valence electrons. The van der Waals surface area contributed by atoms with E-state index in [1.165, 1.54) is 11.9 Å². The van der Waals surface area contributed by atoms with Crippen molar-refractivity contribution in [1.29, 1.82) is 0 Å². The van der Waals surface area contributed by atoms with Gasteiger partial charge in [-0.2, -0.15) is 4.98 Å². The highest BCUT2D eigenvalue weighted by molar-refractivity contribution is 5.99. The van der Waals surface area contributed by atoms with Gasteiger partial charge in [0.15, 0.2) is 0 Å². The molecule has 2 aliphatic rings. The van der Waals surface area contributed by atoms with Crippen molar-refractivity contribution in [2.24, 2.45) is 0 Å². The van der Waals surface area contributed by atoms with E-state index in [2.05, 4.69) is 66.5 Å². The van der Waals surface area contributed by atoms with Crippen molar-refractivity contribution in [3.63, 3.8) is 0 Å². The van der Waals surface area contributed by atoms with Crippen LogP contribution in [-0.4, -0.2) is 70.6 Å². The second-order valence-corrected chi connectivity index (χ2v) is 9.34. The number of anilines is 5. The number of nitrogens with zero attached hydrogens (tertiary/aromatic N) is 5. The van der Waals surface area contributed by atoms with Crippen molar-refractivity contribution in [2.45, 2.75) is 18.9 Å². The van der Waals surface area contributed by atoms with E-state index >= 15 is 0 Å². The molecule has 1 fully saturated rings. The van der Waals surface area contributed by atoms with Crippen molar-refractivity contribution in [3.05, 3.63) is 72.1 Å². The summed E-state index contributed by atoms with van der Waals surface area (Å²) in [5.41, 5.74) is 4.00. The first-order valence-electron chi connectivity index (χ1n) is 12.5. The minimum absolute atomic E-state index is 0.278. The Kier molecular flexibility index (Phi) is 7.29. The van der Waals surface area contributed by atoms with E-state index in [1.54, 1.807) is 6.08 Å². The van der Waals surface area contributed by atoms with Crippen molar-refractivity contribution < 1.29 is 9.90 Å². The number of rotatable bonds is 8. The summed E-state index contributed by atoms with van der Waals surface area (Å²) in [6, 6.07) is 11.9. The number of pyridine rings is 1. The van der Waals surface area contributed by atoms with Gasteiger partial charge in [-0.25, -0.2) is 9.97 Å². The van der Waals surface area contributed by atoms with Crippen LogP contribution in [0.2, 0.25) is 0 Å². The Labute approximate surface area is 216 Å². The Balaban J connectivity index is 1.36. The number of carbonyl (C=O) groups excluding carboxylic acids is 1. The number of fused-ring (bicyclic) bond motifs is 1. The molecule has 1 aromatic carbocycles. The van der Waals surface area contributed by atoms with Crippen molar-refractivity contribution in [1.82, 2.24) is 25.2 Å². The van der Waals surface area contributed by atoms with Crippen LogP contribution in [0.15, 0.2) is 55.3 Å². The second kappa shape index (κ2) is 10.9. The quantitative estimate of drug-likeness (QED) is 0.346. The van der Waals surface area contributed by atoms with E-state index in [1.807, 2.05) is 24.3 Å². The van der Waals surface area contributed by atoms with Gasteiger partial charge in [0.25, 0.3) is 5.91 Å². The first kappa shape index (κ1) is 24.7. The third kappa shape index (κ3) is 5.71. The summed E-state index contributed by atoms with van der Waals surface area (Å²) in [6.07, 6.45) is 3.97. The van der Waals surface area contributed by atoms with Gasteiger partial charge in [0.05, 0.1) is 11.8 Å². The molecule has 37 heavy (non-hydrogen) atoms. The van der Waals surface area contributed by atoms with Gasteiger partial charge in [-0.1, -0.05) is 12.1 Å². The average Bonchev–Trinajstić information content (AvgIpc) is 3.28. The molecule has 4 N–H and O–H groups in total. The summed E-state index contributed by atoms with van der Waals surface area (Å²) < 4.78 is 0. The lowest BCUT2D eigenvalue weighted by Crippen LogP contribution is -2.44. The maximum absolute atomic E-state index is 12.8. The largest absolute Gasteiger partial charge is 0.387 e. The summed E-state index contributed by atoms with van der Waals surface area (Å²) in [5, 5.41) is 19.4. The molecule has 0 spiro atoms. The number of likely N-dealkylation sites (N-methyl/N-ethyl adjacent to an activating group) is 1. The molecule has 10 heteroatoms. The zero-order valence-corrected chi connectivity index (χ0v) is 20.9. The fraction of sp³-hybridized carbons (Fsp3) is 0.333. The average molecular weight is 501 g/mol. The molecular weight excluding hydrogens is 468 g/mol. The predicted octanol–water partition coefficient (Wildman–Crippen LogP) is 3.01. The maximum Gasteiger partial charge on any atom is 0.256 e. The number of benzene rings is 1. The molecule has 1 aliphatic heterocycles. The van der Waals surface area contributed by atoms with Crippen LogP contribution in [0.25, 0.3) is 0 Å². The molecule has 0 radical (unpaired) electrons. The summed E-state index contributed by atoms with van der Waals surface area (Å²) in [4.78, 5) is 31.0. The molecule has 0 bridgehead atoms. The number of aryl methyl sites for hydroxylation is 1. The van der Waals surface area contributed by atoms with Crippen LogP contribution in [-0.2, 0) is 6.42 Å². The number of piperazine rings is 1. The Morgan fingerprint density at radius 1 is 1.11 bits per heavy atom. The van der Waals surface area contributed by atoms with Crippen LogP contribution >= 0.6 is 0 Å². The van der Waals surface area contributed by atoms with E-state index < -0.39 is 6.10 Å². The Hall–Kier alpha value is -4.02. The lowest BCUT2D eigenvalue weighted by Gasteiger charge is -2.34. The molecule has 1 amide bonds. The summed E-state index contributed by atoms with van der Waals surface area (Å²) >= 11 is 0. The van der Waals surface area contributed by atoms with Gasteiger partial charge in [-0.05, 0) is 55.8 Å². The van der Waals surface area contributed by atoms with Gasteiger partial charge < -0.3 is 30.9 Å². The van der Waals surface area contributed by atoms with E-state index in [9.17, 15) is 9.90 Å². The van der Waals surface area contributed by atoms with E-state index in [0.29, 0.717) is 36.2 Å². The van der Waals surface area contributed by atoms with E-state index in [4.69, 9.17) is 0 Å².